The summed E-state index contributed by atoms with van der Waals surface area (Å²) in [5.74, 6) is 0.684. The van der Waals surface area contributed by atoms with Gasteiger partial charge in [-0.25, -0.2) is 15.0 Å². The zero-order valence-electron chi connectivity index (χ0n) is 14.6. The summed E-state index contributed by atoms with van der Waals surface area (Å²) >= 11 is 5.85. The molecule has 1 aromatic carbocycles. The van der Waals surface area contributed by atoms with Crippen molar-refractivity contribution in [2.75, 3.05) is 42.6 Å². The summed E-state index contributed by atoms with van der Waals surface area (Å²) in [6, 6.07) is 5.69. The molecule has 27 heavy (non-hydrogen) atoms. The third kappa shape index (κ3) is 3.58. The Bertz CT molecular complexity index is 999. The average Bonchev–Trinajstić information content (AvgIpc) is 2.71. The number of nitrogens with zero attached hydrogens (tertiary/aromatic N) is 6. The Balaban J connectivity index is 1.51. The molecule has 1 aliphatic heterocycles. The molecular weight excluding hydrogens is 368 g/mol. The maximum absolute atomic E-state index is 12.4. The molecule has 8 nitrogen and oxygen atoms in total. The molecule has 0 aliphatic carbocycles. The highest BCUT2D eigenvalue weighted by atomic mass is 35.5. The van der Waals surface area contributed by atoms with Gasteiger partial charge in [0.15, 0.2) is 0 Å². The minimum atomic E-state index is -0.134. The Kier molecular flexibility index (Phi) is 4.91. The van der Waals surface area contributed by atoms with Crippen LogP contribution in [0.4, 0.5) is 11.6 Å². The van der Waals surface area contributed by atoms with E-state index in [9.17, 15) is 4.79 Å². The SMILES string of the molecule is O=c1c2ccc(N3CCN(c4ncc(Cl)cn4)CC3)cc2ncn1CCO. The number of benzene rings is 1. The number of piperazine rings is 1. The highest BCUT2D eigenvalue weighted by Crippen LogP contribution is 2.21. The van der Waals surface area contributed by atoms with Gasteiger partial charge >= 0.3 is 0 Å². The Hall–Kier alpha value is -2.71. The molecule has 1 N–H and O–H groups in total. The lowest BCUT2D eigenvalue weighted by Gasteiger charge is -2.36. The van der Waals surface area contributed by atoms with Crippen LogP contribution in [0.15, 0.2) is 41.7 Å². The number of fused-ring (bicyclic) bond motifs is 1. The van der Waals surface area contributed by atoms with Crippen molar-refractivity contribution < 1.29 is 5.11 Å². The number of aliphatic hydroxyl groups is 1. The lowest BCUT2D eigenvalue weighted by atomic mass is 10.2. The first-order valence-corrected chi connectivity index (χ1v) is 9.11. The predicted octanol–water partition coefficient (Wildman–Crippen LogP) is 1.16. The van der Waals surface area contributed by atoms with Crippen molar-refractivity contribution in [1.29, 1.82) is 0 Å². The smallest absolute Gasteiger partial charge is 0.261 e. The van der Waals surface area contributed by atoms with Crippen LogP contribution in [0.5, 0.6) is 0 Å². The number of aliphatic hydroxyl groups excluding tert-OH is 1. The van der Waals surface area contributed by atoms with Gasteiger partial charge < -0.3 is 14.9 Å². The molecule has 0 unspecified atom stereocenters. The van der Waals surface area contributed by atoms with Crippen molar-refractivity contribution in [3.63, 3.8) is 0 Å². The maximum Gasteiger partial charge on any atom is 0.261 e. The molecule has 1 saturated heterocycles. The van der Waals surface area contributed by atoms with Gasteiger partial charge in [0.25, 0.3) is 5.56 Å². The van der Waals surface area contributed by atoms with Crippen LogP contribution < -0.4 is 15.4 Å². The number of hydrogen-bond donors (Lipinski definition) is 1. The molecule has 3 aromatic rings. The highest BCUT2D eigenvalue weighted by molar-refractivity contribution is 6.30. The summed E-state index contributed by atoms with van der Waals surface area (Å²) in [4.78, 5) is 29.7. The van der Waals surface area contributed by atoms with Gasteiger partial charge in [0, 0.05) is 31.9 Å². The van der Waals surface area contributed by atoms with Gasteiger partial charge in [0.2, 0.25) is 5.95 Å². The van der Waals surface area contributed by atoms with Gasteiger partial charge in [0.1, 0.15) is 0 Å². The van der Waals surface area contributed by atoms with Crippen LogP contribution in [0.25, 0.3) is 10.9 Å². The second kappa shape index (κ2) is 7.50. The third-order valence-electron chi connectivity index (χ3n) is 4.68. The van der Waals surface area contributed by atoms with E-state index in [-0.39, 0.29) is 18.7 Å². The number of halogens is 1. The van der Waals surface area contributed by atoms with Gasteiger partial charge in [-0.2, -0.15) is 0 Å². The van der Waals surface area contributed by atoms with Crippen LogP contribution in [0, 0.1) is 0 Å². The molecule has 0 radical (unpaired) electrons. The fraction of sp³-hybridized carbons (Fsp3) is 0.333. The normalized spacial score (nSPS) is 14.7. The van der Waals surface area contributed by atoms with E-state index in [0.717, 1.165) is 31.9 Å². The Morgan fingerprint density at radius 2 is 1.74 bits per heavy atom. The first-order chi connectivity index (χ1) is 13.2. The van der Waals surface area contributed by atoms with Crippen molar-refractivity contribution in [3.05, 3.63) is 52.3 Å². The molecule has 0 amide bonds. The molecule has 3 heterocycles. The van der Waals surface area contributed by atoms with Crippen LogP contribution in [0.2, 0.25) is 5.02 Å². The van der Waals surface area contributed by atoms with Crippen LogP contribution in [0.1, 0.15) is 0 Å². The van der Waals surface area contributed by atoms with Crippen LogP contribution >= 0.6 is 11.6 Å². The molecule has 140 valence electrons. The van der Waals surface area contributed by atoms with Gasteiger partial charge in [-0.05, 0) is 18.2 Å². The van der Waals surface area contributed by atoms with Crippen molar-refractivity contribution in [3.8, 4) is 0 Å². The Morgan fingerprint density at radius 1 is 1.04 bits per heavy atom. The predicted molar refractivity (Wildman–Crippen MR) is 105 cm³/mol. The monoisotopic (exact) mass is 386 g/mol. The summed E-state index contributed by atoms with van der Waals surface area (Å²) in [5.41, 5.74) is 1.56. The fourth-order valence-corrected chi connectivity index (χ4v) is 3.34. The molecule has 1 aliphatic rings. The topological polar surface area (TPSA) is 87.4 Å². The number of hydrogen-bond acceptors (Lipinski definition) is 7. The zero-order chi connectivity index (χ0) is 18.8. The van der Waals surface area contributed by atoms with Gasteiger partial charge in [-0.1, -0.05) is 11.6 Å². The van der Waals surface area contributed by atoms with E-state index in [4.69, 9.17) is 16.7 Å². The van der Waals surface area contributed by atoms with Gasteiger partial charge in [0.05, 0.1) is 47.8 Å². The minimum Gasteiger partial charge on any atom is -0.395 e. The standard InChI is InChI=1S/C18H19ClN6O2/c19-13-10-20-18(21-11-13)24-5-3-23(4-6-24)14-1-2-15-16(9-14)22-12-25(7-8-26)17(15)27/h1-2,9-12,26H,3-8H2. The van der Waals surface area contributed by atoms with Crippen molar-refractivity contribution in [2.45, 2.75) is 6.54 Å². The molecule has 9 heteroatoms. The minimum absolute atomic E-state index is 0.0905. The first-order valence-electron chi connectivity index (χ1n) is 8.73. The van der Waals surface area contributed by atoms with E-state index in [1.54, 1.807) is 12.4 Å². The molecule has 4 rings (SSSR count). The molecule has 0 saturated carbocycles. The van der Waals surface area contributed by atoms with E-state index in [1.165, 1.54) is 10.9 Å². The van der Waals surface area contributed by atoms with E-state index in [0.29, 0.717) is 21.9 Å². The Labute approximate surface area is 160 Å². The van der Waals surface area contributed by atoms with Crippen LogP contribution in [0.3, 0.4) is 0 Å². The summed E-state index contributed by atoms with van der Waals surface area (Å²) in [6.07, 6.45) is 4.70. The average molecular weight is 387 g/mol. The van der Waals surface area contributed by atoms with Crippen molar-refractivity contribution in [1.82, 2.24) is 19.5 Å². The van der Waals surface area contributed by atoms with Crippen molar-refractivity contribution in [2.24, 2.45) is 0 Å². The second-order valence-electron chi connectivity index (χ2n) is 6.34. The summed E-state index contributed by atoms with van der Waals surface area (Å²) in [5, 5.41) is 10.1. The van der Waals surface area contributed by atoms with E-state index in [2.05, 4.69) is 24.8 Å². The lowest BCUT2D eigenvalue weighted by Crippen LogP contribution is -2.47. The molecule has 0 spiro atoms. The molecule has 2 aromatic heterocycles. The lowest BCUT2D eigenvalue weighted by molar-refractivity contribution is 0.274. The van der Waals surface area contributed by atoms with Crippen molar-refractivity contribution >= 4 is 34.1 Å². The van der Waals surface area contributed by atoms with E-state index in [1.807, 2.05) is 18.2 Å². The van der Waals surface area contributed by atoms with Crippen LogP contribution in [-0.4, -0.2) is 57.4 Å². The maximum atomic E-state index is 12.4. The largest absolute Gasteiger partial charge is 0.395 e. The summed E-state index contributed by atoms with van der Waals surface area (Å²) in [7, 11) is 0. The van der Waals surface area contributed by atoms with E-state index >= 15 is 0 Å². The van der Waals surface area contributed by atoms with Crippen LogP contribution in [-0.2, 0) is 6.54 Å². The molecule has 1 fully saturated rings. The summed E-state index contributed by atoms with van der Waals surface area (Å²) in [6.45, 7) is 3.39. The Morgan fingerprint density at radius 3 is 2.44 bits per heavy atom. The zero-order valence-corrected chi connectivity index (χ0v) is 15.4. The second-order valence-corrected chi connectivity index (χ2v) is 6.78. The molecule has 0 atom stereocenters. The highest BCUT2D eigenvalue weighted by Gasteiger charge is 2.19. The van der Waals surface area contributed by atoms with E-state index < -0.39 is 0 Å². The quantitative estimate of drug-likeness (QED) is 0.719. The van der Waals surface area contributed by atoms with Gasteiger partial charge in [-0.3, -0.25) is 9.36 Å². The molecule has 0 bridgehead atoms. The molecular formula is C18H19ClN6O2. The number of anilines is 2. The summed E-state index contributed by atoms with van der Waals surface area (Å²) < 4.78 is 1.42. The first kappa shape index (κ1) is 17.7. The fourth-order valence-electron chi connectivity index (χ4n) is 3.24. The van der Waals surface area contributed by atoms with Gasteiger partial charge in [-0.15, -0.1) is 0 Å². The number of rotatable bonds is 4. The third-order valence-corrected chi connectivity index (χ3v) is 4.88. The number of aromatic nitrogens is 4.